The Balaban J connectivity index is 1.89. The summed E-state index contributed by atoms with van der Waals surface area (Å²) in [4.78, 5) is 16.6. The molecular weight excluding hydrogens is 296 g/mol. The average molecular weight is 307 g/mol. The van der Waals surface area contributed by atoms with Gasteiger partial charge in [-0.25, -0.2) is 9.78 Å². The van der Waals surface area contributed by atoms with Gasteiger partial charge < -0.3 is 9.67 Å². The molecule has 0 saturated carbocycles. The molecule has 4 nitrogen and oxygen atoms in total. The minimum absolute atomic E-state index is 0.236. The van der Waals surface area contributed by atoms with Crippen molar-refractivity contribution in [3.8, 4) is 0 Å². The molecule has 0 fully saturated rings. The predicted molar refractivity (Wildman–Crippen MR) is 79.7 cm³/mol. The second-order valence-corrected chi connectivity index (χ2v) is 6.17. The van der Waals surface area contributed by atoms with Gasteiger partial charge in [0.05, 0.1) is 21.7 Å². The van der Waals surface area contributed by atoms with E-state index in [1.165, 1.54) is 4.88 Å². The molecule has 0 unspecified atom stereocenters. The average Bonchev–Trinajstić information content (AvgIpc) is 3.02. The van der Waals surface area contributed by atoms with Crippen molar-refractivity contribution in [2.45, 2.75) is 13.0 Å². The molecule has 3 aromatic rings. The number of hydrogen-bond acceptors (Lipinski definition) is 3. The van der Waals surface area contributed by atoms with Crippen LogP contribution in [0.15, 0.2) is 36.7 Å². The first kappa shape index (κ1) is 13.1. The Kier molecular flexibility index (Phi) is 3.46. The maximum atomic E-state index is 11.1. The molecule has 1 aromatic carbocycles. The second kappa shape index (κ2) is 5.26. The third kappa shape index (κ3) is 2.42. The van der Waals surface area contributed by atoms with Crippen LogP contribution in [0.1, 0.15) is 15.2 Å². The van der Waals surface area contributed by atoms with Gasteiger partial charge in [0, 0.05) is 11.4 Å². The van der Waals surface area contributed by atoms with Crippen molar-refractivity contribution in [2.75, 3.05) is 0 Å². The van der Waals surface area contributed by atoms with Gasteiger partial charge in [-0.05, 0) is 30.7 Å². The van der Waals surface area contributed by atoms with E-state index >= 15 is 0 Å². The summed E-state index contributed by atoms with van der Waals surface area (Å²) in [5, 5.41) is 9.14. The Bertz CT molecular complexity index is 778. The zero-order chi connectivity index (χ0) is 14.1. The Hall–Kier alpha value is -1.85. The van der Waals surface area contributed by atoms with E-state index in [2.05, 4.69) is 4.98 Å². The molecule has 20 heavy (non-hydrogen) atoms. The van der Waals surface area contributed by atoms with E-state index in [1.807, 2.05) is 22.8 Å². The van der Waals surface area contributed by atoms with Crippen LogP contribution in [0.5, 0.6) is 0 Å². The number of rotatable bonds is 4. The Morgan fingerprint density at radius 2 is 2.20 bits per heavy atom. The fourth-order valence-corrected chi connectivity index (χ4v) is 3.23. The van der Waals surface area contributed by atoms with Gasteiger partial charge in [0.15, 0.2) is 0 Å². The zero-order valence-electron chi connectivity index (χ0n) is 10.4. The number of aryl methyl sites for hydroxylation is 2. The van der Waals surface area contributed by atoms with Gasteiger partial charge in [-0.3, -0.25) is 0 Å². The Morgan fingerprint density at radius 3 is 2.90 bits per heavy atom. The van der Waals surface area contributed by atoms with Gasteiger partial charge in [0.25, 0.3) is 0 Å². The van der Waals surface area contributed by atoms with E-state index in [1.54, 1.807) is 29.8 Å². The first-order chi connectivity index (χ1) is 9.65. The van der Waals surface area contributed by atoms with Gasteiger partial charge >= 0.3 is 5.97 Å². The first-order valence-corrected chi connectivity index (χ1v) is 7.26. The molecule has 0 radical (unpaired) electrons. The summed E-state index contributed by atoms with van der Waals surface area (Å²) in [7, 11) is 0. The third-order valence-electron chi connectivity index (χ3n) is 3.11. The molecule has 2 heterocycles. The molecule has 0 saturated heterocycles. The molecule has 0 amide bonds. The number of hydrogen-bond donors (Lipinski definition) is 1. The van der Waals surface area contributed by atoms with Gasteiger partial charge in [-0.1, -0.05) is 17.7 Å². The van der Waals surface area contributed by atoms with Crippen molar-refractivity contribution in [3.63, 3.8) is 0 Å². The molecule has 0 aliphatic carbocycles. The highest BCUT2D eigenvalue weighted by Gasteiger charge is 2.12. The van der Waals surface area contributed by atoms with Crippen molar-refractivity contribution in [1.29, 1.82) is 0 Å². The highest BCUT2D eigenvalue weighted by molar-refractivity contribution is 7.16. The van der Waals surface area contributed by atoms with Crippen molar-refractivity contribution in [1.82, 2.24) is 9.55 Å². The lowest BCUT2D eigenvalue weighted by atomic mass is 10.2. The lowest BCUT2D eigenvalue weighted by Crippen LogP contribution is -2.00. The van der Waals surface area contributed by atoms with E-state index in [-0.39, 0.29) is 5.56 Å². The molecular formula is C14H11ClN2O2S. The molecule has 0 aliphatic heterocycles. The van der Waals surface area contributed by atoms with Crippen molar-refractivity contribution in [3.05, 3.63) is 51.4 Å². The number of fused-ring (bicyclic) bond motifs is 1. The summed E-state index contributed by atoms with van der Waals surface area (Å²) < 4.78 is 2.75. The standard InChI is InChI=1S/C14H11ClN2O2S/c15-12-5-4-9(20-12)6-7-17-8-16-13-10(14(18)19)2-1-3-11(13)17/h1-5,8H,6-7H2,(H,18,19). The quantitative estimate of drug-likeness (QED) is 0.799. The number of para-hydroxylation sites is 1. The largest absolute Gasteiger partial charge is 0.478 e. The van der Waals surface area contributed by atoms with Crippen molar-refractivity contribution >= 4 is 39.9 Å². The van der Waals surface area contributed by atoms with Crippen LogP contribution < -0.4 is 0 Å². The fourth-order valence-electron chi connectivity index (χ4n) is 2.16. The number of nitrogens with zero attached hydrogens (tertiary/aromatic N) is 2. The van der Waals surface area contributed by atoms with Crippen LogP contribution in [0, 0.1) is 0 Å². The molecule has 0 bridgehead atoms. The summed E-state index contributed by atoms with van der Waals surface area (Å²) >= 11 is 7.47. The van der Waals surface area contributed by atoms with Gasteiger partial charge in [0.2, 0.25) is 0 Å². The molecule has 2 aromatic heterocycles. The normalized spacial score (nSPS) is 11.1. The molecule has 0 spiro atoms. The minimum Gasteiger partial charge on any atom is -0.478 e. The van der Waals surface area contributed by atoms with Crippen LogP contribution in [0.25, 0.3) is 11.0 Å². The minimum atomic E-state index is -0.953. The number of imidazole rings is 1. The molecule has 6 heteroatoms. The number of thiophene rings is 1. The number of aromatic carboxylic acids is 1. The molecule has 0 atom stereocenters. The maximum Gasteiger partial charge on any atom is 0.337 e. The Morgan fingerprint density at radius 1 is 1.35 bits per heavy atom. The predicted octanol–water partition coefficient (Wildman–Crippen LogP) is 3.69. The summed E-state index contributed by atoms with van der Waals surface area (Å²) in [6, 6.07) is 9.09. The fraction of sp³-hybridized carbons (Fsp3) is 0.143. The number of carboxylic acids is 1. The zero-order valence-corrected chi connectivity index (χ0v) is 12.0. The smallest absolute Gasteiger partial charge is 0.337 e. The van der Waals surface area contributed by atoms with Gasteiger partial charge in [-0.2, -0.15) is 0 Å². The van der Waals surface area contributed by atoms with E-state index in [0.717, 1.165) is 22.8 Å². The monoisotopic (exact) mass is 306 g/mol. The number of halogens is 1. The number of carboxylic acid groups (broad SMARTS) is 1. The van der Waals surface area contributed by atoms with E-state index in [0.29, 0.717) is 5.52 Å². The van der Waals surface area contributed by atoms with E-state index < -0.39 is 5.97 Å². The summed E-state index contributed by atoms with van der Waals surface area (Å²) in [5.74, 6) is -0.953. The molecule has 102 valence electrons. The Labute approximate surface area is 124 Å². The topological polar surface area (TPSA) is 55.1 Å². The maximum absolute atomic E-state index is 11.1. The summed E-state index contributed by atoms with van der Waals surface area (Å²) in [5.41, 5.74) is 1.61. The van der Waals surface area contributed by atoms with Gasteiger partial charge in [-0.15, -0.1) is 11.3 Å². The lowest BCUT2D eigenvalue weighted by molar-refractivity contribution is 0.0699. The number of carbonyl (C=O) groups is 1. The van der Waals surface area contributed by atoms with E-state index in [4.69, 9.17) is 16.7 Å². The lowest BCUT2D eigenvalue weighted by Gasteiger charge is -2.03. The highest BCUT2D eigenvalue weighted by atomic mass is 35.5. The molecule has 0 aliphatic rings. The van der Waals surface area contributed by atoms with Crippen LogP contribution in [-0.4, -0.2) is 20.6 Å². The van der Waals surface area contributed by atoms with Crippen molar-refractivity contribution in [2.24, 2.45) is 0 Å². The van der Waals surface area contributed by atoms with Crippen LogP contribution >= 0.6 is 22.9 Å². The summed E-state index contributed by atoms with van der Waals surface area (Å²) in [6.07, 6.45) is 2.53. The third-order valence-corrected chi connectivity index (χ3v) is 4.40. The van der Waals surface area contributed by atoms with Crippen LogP contribution in [-0.2, 0) is 13.0 Å². The highest BCUT2D eigenvalue weighted by Crippen LogP contribution is 2.23. The number of benzene rings is 1. The first-order valence-electron chi connectivity index (χ1n) is 6.06. The molecule has 3 rings (SSSR count). The SMILES string of the molecule is O=C(O)c1cccc2c1ncn2CCc1ccc(Cl)s1. The van der Waals surface area contributed by atoms with Crippen molar-refractivity contribution < 1.29 is 9.90 Å². The number of aromatic nitrogens is 2. The van der Waals surface area contributed by atoms with E-state index in [9.17, 15) is 4.79 Å². The van der Waals surface area contributed by atoms with Crippen LogP contribution in [0.4, 0.5) is 0 Å². The second-order valence-electron chi connectivity index (χ2n) is 4.37. The molecule has 1 N–H and O–H groups in total. The van der Waals surface area contributed by atoms with Crippen LogP contribution in [0.3, 0.4) is 0 Å². The van der Waals surface area contributed by atoms with Gasteiger partial charge in [0.1, 0.15) is 5.52 Å². The summed E-state index contributed by atoms with van der Waals surface area (Å²) in [6.45, 7) is 0.746. The van der Waals surface area contributed by atoms with Crippen LogP contribution in [0.2, 0.25) is 4.34 Å².